The van der Waals surface area contributed by atoms with Gasteiger partial charge in [-0.3, -0.25) is 19.2 Å². The molecule has 178 valence electrons. The van der Waals surface area contributed by atoms with Gasteiger partial charge in [-0.2, -0.15) is 0 Å². The number of hydrogen-bond acceptors (Lipinski definition) is 7. The Morgan fingerprint density at radius 1 is 0.871 bits per heavy atom. The highest BCUT2D eigenvalue weighted by molar-refractivity contribution is 5.94. The molecular formula is C19H34N4O8. The topological polar surface area (TPSA) is 208 Å². The van der Waals surface area contributed by atoms with Crippen molar-refractivity contribution in [3.8, 4) is 0 Å². The number of nitrogens with two attached hydrogens (primary N) is 1. The molecule has 0 aromatic carbocycles. The second kappa shape index (κ2) is 13.5. The number of carbonyl (C=O) groups excluding carboxylic acids is 3. The first-order valence-electron chi connectivity index (χ1n) is 10.1. The van der Waals surface area contributed by atoms with Crippen molar-refractivity contribution < 1.29 is 39.3 Å². The fourth-order valence-electron chi connectivity index (χ4n) is 2.51. The Kier molecular flexibility index (Phi) is 12.4. The number of carbonyl (C=O) groups is 5. The van der Waals surface area contributed by atoms with Gasteiger partial charge in [0.15, 0.2) is 0 Å². The van der Waals surface area contributed by atoms with Crippen LogP contribution in [0.1, 0.15) is 47.0 Å². The van der Waals surface area contributed by atoms with Gasteiger partial charge in [0.2, 0.25) is 17.7 Å². The van der Waals surface area contributed by atoms with Crippen molar-refractivity contribution in [1.29, 1.82) is 0 Å². The van der Waals surface area contributed by atoms with Crippen LogP contribution in [0.2, 0.25) is 0 Å². The Hall–Kier alpha value is -2.73. The highest BCUT2D eigenvalue weighted by Crippen LogP contribution is 2.09. The average molecular weight is 447 g/mol. The predicted octanol–water partition coefficient (Wildman–Crippen LogP) is -1.59. The zero-order chi connectivity index (χ0) is 24.3. The third-order valence-corrected chi connectivity index (χ3v) is 4.89. The minimum atomic E-state index is -1.43. The second-order valence-corrected chi connectivity index (χ2v) is 7.72. The van der Waals surface area contributed by atoms with Crippen molar-refractivity contribution >= 4 is 29.7 Å². The Morgan fingerprint density at radius 3 is 1.81 bits per heavy atom. The molecule has 0 radical (unpaired) electrons. The van der Waals surface area contributed by atoms with Crippen molar-refractivity contribution in [3.63, 3.8) is 0 Å². The van der Waals surface area contributed by atoms with Crippen molar-refractivity contribution in [1.82, 2.24) is 16.0 Å². The smallest absolute Gasteiger partial charge is 0.326 e. The number of aliphatic hydroxyl groups is 1. The largest absolute Gasteiger partial charge is 0.481 e. The molecule has 0 bridgehead atoms. The van der Waals surface area contributed by atoms with E-state index in [1.807, 2.05) is 0 Å². The van der Waals surface area contributed by atoms with Crippen molar-refractivity contribution in [3.05, 3.63) is 0 Å². The molecule has 5 atom stereocenters. The Labute approximate surface area is 180 Å². The summed E-state index contributed by atoms with van der Waals surface area (Å²) in [7, 11) is 0. The highest BCUT2D eigenvalue weighted by Gasteiger charge is 2.32. The van der Waals surface area contributed by atoms with E-state index < -0.39 is 72.8 Å². The van der Waals surface area contributed by atoms with E-state index in [0.717, 1.165) is 0 Å². The average Bonchev–Trinajstić information content (AvgIpc) is 2.70. The fourth-order valence-corrected chi connectivity index (χ4v) is 2.51. The number of amides is 3. The minimum absolute atomic E-state index is 0.231. The van der Waals surface area contributed by atoms with Crippen LogP contribution in [0.15, 0.2) is 0 Å². The molecule has 0 spiro atoms. The van der Waals surface area contributed by atoms with Gasteiger partial charge in [0.1, 0.15) is 18.1 Å². The summed E-state index contributed by atoms with van der Waals surface area (Å²) in [6.07, 6.45) is -0.344. The number of aliphatic carboxylic acids is 2. The molecule has 31 heavy (non-hydrogen) atoms. The summed E-state index contributed by atoms with van der Waals surface area (Å²) >= 11 is 0. The van der Waals surface area contributed by atoms with Crippen molar-refractivity contribution in [2.24, 2.45) is 17.6 Å². The molecule has 0 aromatic rings. The van der Waals surface area contributed by atoms with E-state index in [4.69, 9.17) is 10.8 Å². The number of hydrogen-bond donors (Lipinski definition) is 7. The molecule has 0 saturated heterocycles. The molecule has 0 aliphatic carbocycles. The molecule has 0 saturated carbocycles. The van der Waals surface area contributed by atoms with Gasteiger partial charge in [0, 0.05) is 6.42 Å². The zero-order valence-electron chi connectivity index (χ0n) is 18.3. The summed E-state index contributed by atoms with van der Waals surface area (Å²) in [4.78, 5) is 59.6. The molecule has 0 fully saturated rings. The Bertz CT molecular complexity index is 655. The van der Waals surface area contributed by atoms with E-state index in [0.29, 0.717) is 6.42 Å². The molecule has 8 N–H and O–H groups in total. The quantitative estimate of drug-likeness (QED) is 0.164. The maximum Gasteiger partial charge on any atom is 0.326 e. The molecule has 0 aromatic heterocycles. The van der Waals surface area contributed by atoms with E-state index in [2.05, 4.69) is 16.0 Å². The minimum Gasteiger partial charge on any atom is -0.481 e. The summed E-state index contributed by atoms with van der Waals surface area (Å²) < 4.78 is 0. The fraction of sp³-hybridized carbons (Fsp3) is 0.737. The van der Waals surface area contributed by atoms with E-state index >= 15 is 0 Å². The second-order valence-electron chi connectivity index (χ2n) is 7.72. The van der Waals surface area contributed by atoms with Crippen LogP contribution in [0.25, 0.3) is 0 Å². The molecule has 3 amide bonds. The first-order valence-corrected chi connectivity index (χ1v) is 10.1. The number of aliphatic hydroxyl groups excluding tert-OH is 1. The lowest BCUT2D eigenvalue weighted by molar-refractivity contribution is -0.144. The number of rotatable bonds is 14. The molecule has 0 rings (SSSR count). The van der Waals surface area contributed by atoms with E-state index in [9.17, 15) is 34.2 Å². The van der Waals surface area contributed by atoms with Crippen LogP contribution >= 0.6 is 0 Å². The molecule has 12 heteroatoms. The van der Waals surface area contributed by atoms with E-state index in [1.165, 1.54) is 0 Å². The van der Waals surface area contributed by atoms with Gasteiger partial charge in [0.25, 0.3) is 0 Å². The zero-order valence-corrected chi connectivity index (χ0v) is 18.3. The van der Waals surface area contributed by atoms with Crippen LogP contribution < -0.4 is 21.7 Å². The molecule has 0 aliphatic rings. The maximum absolute atomic E-state index is 12.6. The van der Waals surface area contributed by atoms with Gasteiger partial charge in [-0.25, -0.2) is 4.79 Å². The number of nitrogens with one attached hydrogen (secondary N) is 3. The van der Waals surface area contributed by atoms with Crippen molar-refractivity contribution in [2.75, 3.05) is 6.61 Å². The lowest BCUT2D eigenvalue weighted by Crippen LogP contribution is -2.59. The predicted molar refractivity (Wildman–Crippen MR) is 110 cm³/mol. The van der Waals surface area contributed by atoms with Gasteiger partial charge >= 0.3 is 11.9 Å². The summed E-state index contributed by atoms with van der Waals surface area (Å²) in [5, 5.41) is 34.6. The third kappa shape index (κ3) is 9.75. The maximum atomic E-state index is 12.6. The normalized spacial score (nSPS) is 15.8. The van der Waals surface area contributed by atoms with Gasteiger partial charge in [-0.1, -0.05) is 34.1 Å². The van der Waals surface area contributed by atoms with Crippen LogP contribution in [0.3, 0.4) is 0 Å². The Balaban J connectivity index is 5.40. The standard InChI is InChI=1S/C19H34N4O8/c1-5-10(4)15(19(30)31)23-16(27)11(6-7-13(25)26)21-17(28)12(8-24)22-18(29)14(20)9(2)3/h9-12,14-15,24H,5-8,20H2,1-4H3,(H,21,28)(H,22,29)(H,23,27)(H,25,26)(H,30,31). The highest BCUT2D eigenvalue weighted by atomic mass is 16.4. The molecular weight excluding hydrogens is 412 g/mol. The molecule has 5 unspecified atom stereocenters. The van der Waals surface area contributed by atoms with E-state index in [-0.39, 0.29) is 12.3 Å². The SMILES string of the molecule is CCC(C)C(NC(=O)C(CCC(=O)O)NC(=O)C(CO)NC(=O)C(N)C(C)C)C(=O)O. The molecule has 12 nitrogen and oxygen atoms in total. The third-order valence-electron chi connectivity index (χ3n) is 4.89. The van der Waals surface area contributed by atoms with E-state index in [1.54, 1.807) is 27.7 Å². The summed E-state index contributed by atoms with van der Waals surface area (Å²) in [5.41, 5.74) is 5.71. The van der Waals surface area contributed by atoms with Crippen LogP contribution in [0.5, 0.6) is 0 Å². The number of carboxylic acid groups (broad SMARTS) is 2. The monoisotopic (exact) mass is 446 g/mol. The van der Waals surface area contributed by atoms with Crippen molar-refractivity contribution in [2.45, 2.75) is 71.1 Å². The van der Waals surface area contributed by atoms with Crippen LogP contribution in [-0.2, 0) is 24.0 Å². The summed E-state index contributed by atoms with van der Waals surface area (Å²) in [6, 6.07) is -4.99. The van der Waals surface area contributed by atoms with Gasteiger partial charge in [-0.15, -0.1) is 0 Å². The lowest BCUT2D eigenvalue weighted by Gasteiger charge is -2.26. The van der Waals surface area contributed by atoms with Crippen LogP contribution in [0, 0.1) is 11.8 Å². The lowest BCUT2D eigenvalue weighted by atomic mass is 9.98. The van der Waals surface area contributed by atoms with Gasteiger partial charge in [-0.05, 0) is 18.3 Å². The van der Waals surface area contributed by atoms with Crippen LogP contribution in [-0.4, -0.2) is 75.8 Å². The first-order chi connectivity index (χ1) is 14.3. The van der Waals surface area contributed by atoms with Crippen LogP contribution in [0.4, 0.5) is 0 Å². The molecule has 0 aliphatic heterocycles. The van der Waals surface area contributed by atoms with Gasteiger partial charge in [0.05, 0.1) is 12.6 Å². The first kappa shape index (κ1) is 28.3. The Morgan fingerprint density at radius 2 is 1.39 bits per heavy atom. The summed E-state index contributed by atoms with van der Waals surface area (Å²) in [6.45, 7) is 5.97. The van der Waals surface area contributed by atoms with Gasteiger partial charge < -0.3 is 37.0 Å². The summed E-state index contributed by atoms with van der Waals surface area (Å²) in [5.74, 6) is -5.65. The molecule has 0 heterocycles. The number of carboxylic acids is 2.